The summed E-state index contributed by atoms with van der Waals surface area (Å²) in [5.41, 5.74) is 3.89. The van der Waals surface area contributed by atoms with Gasteiger partial charge in [0.05, 0.1) is 17.1 Å². The lowest BCUT2D eigenvalue weighted by Gasteiger charge is -2.31. The normalized spacial score (nSPS) is 25.9. The molecule has 2 fully saturated rings. The van der Waals surface area contributed by atoms with Crippen molar-refractivity contribution in [2.75, 3.05) is 18.0 Å². The zero-order valence-electron chi connectivity index (χ0n) is 13.7. The van der Waals surface area contributed by atoms with E-state index in [1.54, 1.807) is 6.07 Å². The van der Waals surface area contributed by atoms with Crippen LogP contribution in [0.2, 0.25) is 0 Å². The highest BCUT2D eigenvalue weighted by Crippen LogP contribution is 2.44. The maximum absolute atomic E-state index is 10.1. The third-order valence-corrected chi connectivity index (χ3v) is 5.65. The molecule has 5 rings (SSSR count). The van der Waals surface area contributed by atoms with Gasteiger partial charge in [-0.3, -0.25) is 0 Å². The van der Waals surface area contributed by atoms with Crippen molar-refractivity contribution < 1.29 is 5.11 Å². The predicted octanol–water partition coefficient (Wildman–Crippen LogP) is 2.35. The maximum Gasteiger partial charge on any atom is 0.125 e. The summed E-state index contributed by atoms with van der Waals surface area (Å²) in [5, 5.41) is 22.6. The van der Waals surface area contributed by atoms with Crippen molar-refractivity contribution >= 4 is 5.69 Å². The van der Waals surface area contributed by atoms with Crippen molar-refractivity contribution in [1.29, 1.82) is 0 Å². The molecule has 2 aromatic rings. The summed E-state index contributed by atoms with van der Waals surface area (Å²) >= 11 is 0. The van der Waals surface area contributed by atoms with Crippen LogP contribution in [0.25, 0.3) is 11.3 Å². The zero-order chi connectivity index (χ0) is 16.1. The Kier molecular flexibility index (Phi) is 3.23. The summed E-state index contributed by atoms with van der Waals surface area (Å²) in [6.45, 7) is 2.24. The average molecular weight is 322 g/mol. The van der Waals surface area contributed by atoms with Crippen LogP contribution in [0.3, 0.4) is 0 Å². The van der Waals surface area contributed by atoms with Crippen LogP contribution in [0.15, 0.2) is 30.3 Å². The van der Waals surface area contributed by atoms with Crippen LogP contribution in [0.4, 0.5) is 5.69 Å². The van der Waals surface area contributed by atoms with Crippen molar-refractivity contribution in [2.45, 2.75) is 37.8 Å². The Morgan fingerprint density at radius 3 is 2.75 bits per heavy atom. The first-order valence-electron chi connectivity index (χ1n) is 8.95. The standard InChI is InChI=1S/C19H22N4O/c24-19-4-2-1-3-14(19)15-9-18-16(22-21-15)10-17(12-7-8-20-11-12)23(18)13-5-6-13/h1-4,9,12-13,17,20,24H,5-8,10-11H2/t12-,17?/m1/s1. The second kappa shape index (κ2) is 5.45. The Hall–Kier alpha value is -2.14. The molecule has 1 aromatic carbocycles. The number of hydrogen-bond acceptors (Lipinski definition) is 5. The van der Waals surface area contributed by atoms with Gasteiger partial charge in [-0.1, -0.05) is 12.1 Å². The molecule has 0 amide bonds. The number of benzene rings is 1. The number of fused-ring (bicyclic) bond motifs is 1. The van der Waals surface area contributed by atoms with E-state index in [2.05, 4.69) is 26.5 Å². The summed E-state index contributed by atoms with van der Waals surface area (Å²) in [4.78, 5) is 2.62. The smallest absolute Gasteiger partial charge is 0.125 e. The molecule has 0 radical (unpaired) electrons. The Morgan fingerprint density at radius 1 is 1.12 bits per heavy atom. The number of phenols is 1. The van der Waals surface area contributed by atoms with Gasteiger partial charge in [0, 0.05) is 24.1 Å². The quantitative estimate of drug-likeness (QED) is 0.908. The summed E-state index contributed by atoms with van der Waals surface area (Å²) in [6, 6.07) is 10.7. The molecule has 5 heteroatoms. The number of aromatic hydroxyl groups is 1. The number of aromatic nitrogens is 2. The average Bonchev–Trinajstić information content (AvgIpc) is 3.16. The van der Waals surface area contributed by atoms with E-state index >= 15 is 0 Å². The van der Waals surface area contributed by atoms with Crippen LogP contribution in [-0.2, 0) is 6.42 Å². The van der Waals surface area contributed by atoms with E-state index in [0.29, 0.717) is 18.0 Å². The Morgan fingerprint density at radius 2 is 2.00 bits per heavy atom. The van der Waals surface area contributed by atoms with Gasteiger partial charge in [0.1, 0.15) is 5.75 Å². The van der Waals surface area contributed by atoms with Crippen LogP contribution < -0.4 is 10.2 Å². The number of para-hydroxylation sites is 1. The summed E-state index contributed by atoms with van der Waals surface area (Å²) in [6.07, 6.45) is 4.82. The Balaban J connectivity index is 1.54. The second-order valence-corrected chi connectivity index (χ2v) is 7.24. The van der Waals surface area contributed by atoms with Gasteiger partial charge in [-0.05, 0) is 56.5 Å². The monoisotopic (exact) mass is 322 g/mol. The van der Waals surface area contributed by atoms with Crippen molar-refractivity contribution in [3.8, 4) is 17.0 Å². The van der Waals surface area contributed by atoms with E-state index < -0.39 is 0 Å². The second-order valence-electron chi connectivity index (χ2n) is 7.24. The van der Waals surface area contributed by atoms with Crippen molar-refractivity contribution in [2.24, 2.45) is 5.92 Å². The minimum atomic E-state index is 0.263. The first-order valence-corrected chi connectivity index (χ1v) is 8.95. The molecular weight excluding hydrogens is 300 g/mol. The molecule has 24 heavy (non-hydrogen) atoms. The molecule has 1 saturated carbocycles. The number of hydrogen-bond donors (Lipinski definition) is 2. The number of phenolic OH excluding ortho intramolecular Hbond substituents is 1. The highest BCUT2D eigenvalue weighted by Gasteiger charge is 2.44. The molecule has 3 aliphatic rings. The molecule has 2 aliphatic heterocycles. The molecule has 1 aromatic heterocycles. The van der Waals surface area contributed by atoms with Gasteiger partial charge in [0.2, 0.25) is 0 Å². The molecule has 1 aliphatic carbocycles. The van der Waals surface area contributed by atoms with Crippen molar-refractivity contribution in [3.05, 3.63) is 36.0 Å². The van der Waals surface area contributed by atoms with E-state index in [4.69, 9.17) is 0 Å². The van der Waals surface area contributed by atoms with Crippen molar-refractivity contribution in [1.82, 2.24) is 15.5 Å². The Labute approximate surface area is 141 Å². The highest BCUT2D eigenvalue weighted by molar-refractivity contribution is 5.72. The van der Waals surface area contributed by atoms with Gasteiger partial charge in [-0.2, -0.15) is 5.10 Å². The molecule has 5 nitrogen and oxygen atoms in total. The van der Waals surface area contributed by atoms with Crippen LogP contribution in [-0.4, -0.2) is 40.5 Å². The minimum absolute atomic E-state index is 0.263. The van der Waals surface area contributed by atoms with E-state index in [0.717, 1.165) is 36.5 Å². The summed E-state index contributed by atoms with van der Waals surface area (Å²) in [5.74, 6) is 0.965. The zero-order valence-corrected chi connectivity index (χ0v) is 13.7. The van der Waals surface area contributed by atoms with Gasteiger partial charge >= 0.3 is 0 Å². The first-order chi connectivity index (χ1) is 11.8. The van der Waals surface area contributed by atoms with Gasteiger partial charge in [-0.25, -0.2) is 0 Å². The lowest BCUT2D eigenvalue weighted by molar-refractivity contribution is 0.433. The lowest BCUT2D eigenvalue weighted by Crippen LogP contribution is -2.40. The minimum Gasteiger partial charge on any atom is -0.507 e. The fourth-order valence-corrected chi connectivity index (χ4v) is 4.29. The van der Waals surface area contributed by atoms with E-state index in [1.165, 1.54) is 24.9 Å². The van der Waals surface area contributed by atoms with Crippen molar-refractivity contribution in [3.63, 3.8) is 0 Å². The molecule has 0 bridgehead atoms. The number of rotatable bonds is 3. The van der Waals surface area contributed by atoms with E-state index in [1.807, 2.05) is 18.2 Å². The highest BCUT2D eigenvalue weighted by atomic mass is 16.3. The van der Waals surface area contributed by atoms with E-state index in [-0.39, 0.29) is 5.75 Å². The molecule has 2 atom stereocenters. The first kappa shape index (κ1) is 14.2. The molecule has 0 spiro atoms. The van der Waals surface area contributed by atoms with Gasteiger partial charge in [-0.15, -0.1) is 5.10 Å². The number of anilines is 1. The molecule has 1 saturated heterocycles. The van der Waals surface area contributed by atoms with Crippen LogP contribution in [0, 0.1) is 5.92 Å². The SMILES string of the molecule is Oc1ccccc1-c1cc2c(nn1)CC([C@@H]1CCNC1)N2C1CC1. The summed E-state index contributed by atoms with van der Waals surface area (Å²) < 4.78 is 0. The lowest BCUT2D eigenvalue weighted by atomic mass is 9.96. The third-order valence-electron chi connectivity index (χ3n) is 5.65. The number of nitrogens with one attached hydrogen (secondary N) is 1. The molecular formula is C19H22N4O. The fraction of sp³-hybridized carbons (Fsp3) is 0.474. The third kappa shape index (κ3) is 2.26. The van der Waals surface area contributed by atoms with Gasteiger partial charge in [0.25, 0.3) is 0 Å². The largest absolute Gasteiger partial charge is 0.507 e. The van der Waals surface area contributed by atoms with Crippen LogP contribution in [0.1, 0.15) is 25.0 Å². The summed E-state index contributed by atoms with van der Waals surface area (Å²) in [7, 11) is 0. The van der Waals surface area contributed by atoms with Crippen LogP contribution in [0.5, 0.6) is 5.75 Å². The van der Waals surface area contributed by atoms with Crippen LogP contribution >= 0.6 is 0 Å². The molecule has 1 unspecified atom stereocenters. The number of nitrogens with zero attached hydrogens (tertiary/aromatic N) is 3. The topological polar surface area (TPSA) is 61.3 Å². The maximum atomic E-state index is 10.1. The Bertz CT molecular complexity index is 768. The predicted molar refractivity (Wildman–Crippen MR) is 93.1 cm³/mol. The van der Waals surface area contributed by atoms with Gasteiger partial charge in [0.15, 0.2) is 0 Å². The molecule has 2 N–H and O–H groups in total. The van der Waals surface area contributed by atoms with Gasteiger partial charge < -0.3 is 15.3 Å². The molecule has 3 heterocycles. The van der Waals surface area contributed by atoms with E-state index in [9.17, 15) is 5.11 Å². The molecule has 124 valence electrons. The fourth-order valence-electron chi connectivity index (χ4n) is 4.29.